The number of halogens is 4. The number of hydrogen-bond acceptors (Lipinski definition) is 6. The molecule has 2 aromatic heterocycles. The van der Waals surface area contributed by atoms with Gasteiger partial charge in [-0.2, -0.15) is 18.3 Å². The number of methoxy groups -OCH3 is 1. The molecule has 224 valence electrons. The van der Waals surface area contributed by atoms with E-state index in [0.29, 0.717) is 43.5 Å². The van der Waals surface area contributed by atoms with Gasteiger partial charge in [0.2, 0.25) is 5.91 Å². The van der Waals surface area contributed by atoms with Crippen molar-refractivity contribution in [2.24, 2.45) is 5.92 Å². The second kappa shape index (κ2) is 13.1. The average Bonchev–Trinajstić information content (AvgIpc) is 3.57. The maximum absolute atomic E-state index is 13.6. The molecule has 0 radical (unpaired) electrons. The lowest BCUT2D eigenvalue weighted by atomic mass is 9.83. The third-order valence-corrected chi connectivity index (χ3v) is 7.88. The van der Waals surface area contributed by atoms with Crippen LogP contribution in [0.1, 0.15) is 54.7 Å². The number of rotatable bonds is 10. The minimum Gasteiger partial charge on any atom is -0.382 e. The maximum atomic E-state index is 13.6. The number of carbonyl (C=O) groups is 3. The summed E-state index contributed by atoms with van der Waals surface area (Å²) in [7, 11) is 1.37. The summed E-state index contributed by atoms with van der Waals surface area (Å²) in [4.78, 5) is 44.4. The number of aromatic nitrogens is 3. The molecule has 0 bridgehead atoms. The predicted molar refractivity (Wildman–Crippen MR) is 143 cm³/mol. The highest BCUT2D eigenvalue weighted by atomic mass is 35.5. The monoisotopic (exact) mass is 599 g/mol. The summed E-state index contributed by atoms with van der Waals surface area (Å²) >= 11 is 6.28. The van der Waals surface area contributed by atoms with Crippen molar-refractivity contribution in [1.29, 1.82) is 0 Å². The first-order chi connectivity index (χ1) is 19.5. The molecule has 1 saturated carbocycles. The molecule has 41 heavy (non-hydrogen) atoms. The highest BCUT2D eigenvalue weighted by molar-refractivity contribution is 6.20. The molecule has 0 spiro atoms. The van der Waals surface area contributed by atoms with Gasteiger partial charge in [-0.05, 0) is 62.3 Å². The molecule has 0 aromatic carbocycles. The Morgan fingerprint density at radius 2 is 1.95 bits per heavy atom. The zero-order valence-corrected chi connectivity index (χ0v) is 23.4. The van der Waals surface area contributed by atoms with Crippen LogP contribution in [0.25, 0.3) is 0 Å². The molecule has 1 saturated heterocycles. The van der Waals surface area contributed by atoms with Gasteiger partial charge in [0.1, 0.15) is 23.6 Å². The third kappa shape index (κ3) is 7.28. The van der Waals surface area contributed by atoms with Crippen molar-refractivity contribution in [3.8, 4) is 0 Å². The number of pyridine rings is 1. The van der Waals surface area contributed by atoms with Crippen LogP contribution in [0.5, 0.6) is 0 Å². The van der Waals surface area contributed by atoms with E-state index in [4.69, 9.17) is 16.3 Å². The Kier molecular flexibility index (Phi) is 9.74. The SMILES string of the molecule is CCn1nccc1C(=O)N[C@H](C(=O)Nc1cc([C@@H](COC)N2C[C@@H](C(F)(F)F)NC2=O)ccn1)C1CCC(Cl)CC1. The van der Waals surface area contributed by atoms with E-state index in [0.717, 1.165) is 4.90 Å². The van der Waals surface area contributed by atoms with Crippen LogP contribution in [0.4, 0.5) is 23.8 Å². The number of nitrogens with zero attached hydrogens (tertiary/aromatic N) is 4. The topological polar surface area (TPSA) is 130 Å². The van der Waals surface area contributed by atoms with Gasteiger partial charge in [-0.1, -0.05) is 0 Å². The quantitative estimate of drug-likeness (QED) is 0.359. The van der Waals surface area contributed by atoms with Crippen molar-refractivity contribution in [3.05, 3.63) is 41.9 Å². The van der Waals surface area contributed by atoms with E-state index in [-0.39, 0.29) is 23.7 Å². The van der Waals surface area contributed by atoms with E-state index in [1.807, 2.05) is 12.2 Å². The Bertz CT molecular complexity index is 1240. The van der Waals surface area contributed by atoms with E-state index < -0.39 is 48.7 Å². The van der Waals surface area contributed by atoms with Crippen LogP contribution in [-0.2, 0) is 16.1 Å². The van der Waals surface area contributed by atoms with Gasteiger partial charge in [-0.25, -0.2) is 9.78 Å². The Morgan fingerprint density at radius 3 is 2.59 bits per heavy atom. The van der Waals surface area contributed by atoms with Crippen molar-refractivity contribution >= 4 is 35.3 Å². The summed E-state index contributed by atoms with van der Waals surface area (Å²) in [5.74, 6) is -1.00. The van der Waals surface area contributed by atoms with Crippen molar-refractivity contribution in [2.45, 2.75) is 68.8 Å². The highest BCUT2D eigenvalue weighted by Gasteiger charge is 2.48. The largest absolute Gasteiger partial charge is 0.410 e. The Labute approximate surface area is 240 Å². The van der Waals surface area contributed by atoms with Gasteiger partial charge >= 0.3 is 12.2 Å². The van der Waals surface area contributed by atoms with Gasteiger partial charge in [0, 0.05) is 31.4 Å². The van der Waals surface area contributed by atoms with Gasteiger partial charge in [-0.15, -0.1) is 11.6 Å². The summed E-state index contributed by atoms with van der Waals surface area (Å²) in [6.07, 6.45) is 0.950. The van der Waals surface area contributed by atoms with E-state index >= 15 is 0 Å². The number of nitrogens with one attached hydrogen (secondary N) is 3. The van der Waals surface area contributed by atoms with E-state index in [1.54, 1.807) is 12.1 Å². The number of amides is 4. The van der Waals surface area contributed by atoms with E-state index in [9.17, 15) is 27.6 Å². The van der Waals surface area contributed by atoms with Crippen LogP contribution in [-0.4, -0.2) is 81.4 Å². The Hall–Kier alpha value is -3.39. The van der Waals surface area contributed by atoms with Crippen LogP contribution in [0.15, 0.2) is 30.6 Å². The number of hydrogen-bond donors (Lipinski definition) is 3. The molecule has 11 nitrogen and oxygen atoms in total. The first-order valence-electron chi connectivity index (χ1n) is 13.4. The Morgan fingerprint density at radius 1 is 1.22 bits per heavy atom. The van der Waals surface area contributed by atoms with Gasteiger partial charge in [-0.3, -0.25) is 14.3 Å². The third-order valence-electron chi connectivity index (χ3n) is 7.44. The predicted octanol–water partition coefficient (Wildman–Crippen LogP) is 3.48. The van der Waals surface area contributed by atoms with E-state index in [1.165, 1.54) is 30.3 Å². The second-order valence-corrected chi connectivity index (χ2v) is 10.7. The Balaban J connectivity index is 1.54. The first kappa shape index (κ1) is 30.6. The summed E-state index contributed by atoms with van der Waals surface area (Å²) < 4.78 is 46.5. The molecule has 3 heterocycles. The molecule has 3 N–H and O–H groups in total. The van der Waals surface area contributed by atoms with Crippen molar-refractivity contribution in [1.82, 2.24) is 30.3 Å². The molecule has 0 unspecified atom stereocenters. The lowest BCUT2D eigenvalue weighted by molar-refractivity contribution is -0.150. The smallest absolute Gasteiger partial charge is 0.382 e. The zero-order valence-electron chi connectivity index (χ0n) is 22.7. The van der Waals surface area contributed by atoms with Gasteiger partial charge in [0.05, 0.1) is 19.2 Å². The molecule has 1 aliphatic carbocycles. The molecule has 3 atom stereocenters. The standard InChI is InChI=1S/C26H33ClF3N7O4/c1-3-37-18(9-11-32-37)23(38)35-22(15-4-6-17(27)7-5-15)24(39)34-21-12-16(8-10-31-21)19(14-41-2)36-13-20(26(28,29)30)33-25(36)40/h8-12,15,17,19-20,22H,3-7,13-14H2,1-2H3,(H,33,40)(H,35,38)(H,31,34,39)/t15?,17?,19-,20+,22+/m1/s1. The van der Waals surface area contributed by atoms with Crippen LogP contribution < -0.4 is 16.0 Å². The number of ether oxygens (including phenoxy) is 1. The van der Waals surface area contributed by atoms with Gasteiger partial charge in [0.15, 0.2) is 0 Å². The van der Waals surface area contributed by atoms with Crippen molar-refractivity contribution < 1.29 is 32.3 Å². The first-order valence-corrected chi connectivity index (χ1v) is 13.8. The van der Waals surface area contributed by atoms with E-state index in [2.05, 4.69) is 20.7 Å². The fraction of sp³-hybridized carbons (Fsp3) is 0.577. The minimum atomic E-state index is -4.60. The second-order valence-electron chi connectivity index (χ2n) is 10.1. The number of carbonyl (C=O) groups excluding carboxylic acids is 3. The number of alkyl halides is 4. The summed E-state index contributed by atoms with van der Waals surface area (Å²) in [6.45, 7) is 1.65. The number of anilines is 1. The fourth-order valence-electron chi connectivity index (χ4n) is 5.26. The minimum absolute atomic E-state index is 0.00276. The maximum Gasteiger partial charge on any atom is 0.410 e. The molecule has 15 heteroatoms. The van der Waals surface area contributed by atoms with Crippen molar-refractivity contribution in [3.63, 3.8) is 0 Å². The summed E-state index contributed by atoms with van der Waals surface area (Å²) in [5, 5.41) is 11.7. The molecule has 4 amide bonds. The lowest BCUT2D eigenvalue weighted by Crippen LogP contribution is -2.50. The molecule has 4 rings (SSSR count). The molecule has 2 fully saturated rings. The van der Waals surface area contributed by atoms with Crippen LogP contribution in [0.2, 0.25) is 0 Å². The normalized spacial score (nSPS) is 22.6. The average molecular weight is 600 g/mol. The summed E-state index contributed by atoms with van der Waals surface area (Å²) in [6, 6.07) is -0.0504. The van der Waals surface area contributed by atoms with Gasteiger partial charge < -0.3 is 25.6 Å². The lowest BCUT2D eigenvalue weighted by Gasteiger charge is -2.31. The summed E-state index contributed by atoms with van der Waals surface area (Å²) in [5.41, 5.74) is 0.741. The molecule has 2 aliphatic rings. The van der Waals surface area contributed by atoms with Gasteiger partial charge in [0.25, 0.3) is 5.91 Å². The molecular weight excluding hydrogens is 567 g/mol. The fourth-order valence-corrected chi connectivity index (χ4v) is 5.52. The van der Waals surface area contributed by atoms with Crippen LogP contribution in [0, 0.1) is 5.92 Å². The number of aryl methyl sites for hydroxylation is 1. The molecule has 1 aliphatic heterocycles. The van der Waals surface area contributed by atoms with Crippen molar-refractivity contribution in [2.75, 3.05) is 25.6 Å². The van der Waals surface area contributed by atoms with Crippen LogP contribution >= 0.6 is 11.6 Å². The molecular formula is C26H33ClF3N7O4. The zero-order chi connectivity index (χ0) is 29.7. The molecule has 2 aromatic rings. The number of urea groups is 1. The van der Waals surface area contributed by atoms with Crippen LogP contribution in [0.3, 0.4) is 0 Å². The highest BCUT2D eigenvalue weighted by Crippen LogP contribution is 2.32.